The van der Waals surface area contributed by atoms with Crippen LogP contribution in [0.3, 0.4) is 0 Å². The van der Waals surface area contributed by atoms with Crippen molar-refractivity contribution in [2.75, 3.05) is 25.5 Å². The average molecular weight is 326 g/mol. The first kappa shape index (κ1) is 16.6. The Labute approximate surface area is 134 Å². The van der Waals surface area contributed by atoms with Gasteiger partial charge in [-0.1, -0.05) is 11.6 Å². The first-order valence-corrected chi connectivity index (χ1v) is 7.55. The first-order chi connectivity index (χ1) is 10.5. The number of piperidine rings is 1. The van der Waals surface area contributed by atoms with Gasteiger partial charge < -0.3 is 20.7 Å². The van der Waals surface area contributed by atoms with Gasteiger partial charge in [-0.05, 0) is 32.0 Å². The molecule has 6 nitrogen and oxygen atoms in total. The SMILES string of the molecule is COc1cc(NC(C)=O)c(Cl)cc1C(=O)NC1CCNCC1. The normalized spacial score (nSPS) is 15.2. The molecule has 7 heteroatoms. The van der Waals surface area contributed by atoms with Crippen LogP contribution in [-0.2, 0) is 4.79 Å². The number of carbonyl (C=O) groups is 2. The molecule has 1 aliphatic heterocycles. The van der Waals surface area contributed by atoms with E-state index >= 15 is 0 Å². The molecule has 2 amide bonds. The van der Waals surface area contributed by atoms with Crippen LogP contribution in [0, 0.1) is 0 Å². The van der Waals surface area contributed by atoms with Gasteiger partial charge in [-0.15, -0.1) is 0 Å². The summed E-state index contributed by atoms with van der Waals surface area (Å²) >= 11 is 6.13. The van der Waals surface area contributed by atoms with E-state index in [9.17, 15) is 9.59 Å². The molecule has 0 aromatic heterocycles. The maximum Gasteiger partial charge on any atom is 0.255 e. The fourth-order valence-corrected chi connectivity index (χ4v) is 2.63. The third-order valence-electron chi connectivity index (χ3n) is 3.52. The minimum absolute atomic E-state index is 0.146. The van der Waals surface area contributed by atoms with Gasteiger partial charge >= 0.3 is 0 Å². The maximum atomic E-state index is 12.4. The second kappa shape index (κ2) is 7.47. The van der Waals surface area contributed by atoms with E-state index in [1.54, 1.807) is 6.07 Å². The lowest BCUT2D eigenvalue weighted by Crippen LogP contribution is -2.42. The summed E-state index contributed by atoms with van der Waals surface area (Å²) in [6, 6.07) is 3.22. The van der Waals surface area contributed by atoms with Crippen LogP contribution < -0.4 is 20.7 Å². The predicted octanol–water partition coefficient (Wildman–Crippen LogP) is 1.79. The van der Waals surface area contributed by atoms with Crippen LogP contribution in [0.25, 0.3) is 0 Å². The summed E-state index contributed by atoms with van der Waals surface area (Å²) in [4.78, 5) is 23.6. The van der Waals surface area contributed by atoms with E-state index in [-0.39, 0.29) is 17.9 Å². The van der Waals surface area contributed by atoms with E-state index in [1.807, 2.05) is 0 Å². The molecule has 1 heterocycles. The molecule has 0 atom stereocenters. The Morgan fingerprint density at radius 2 is 2.00 bits per heavy atom. The molecule has 1 saturated heterocycles. The summed E-state index contributed by atoms with van der Waals surface area (Å²) in [7, 11) is 1.47. The lowest BCUT2D eigenvalue weighted by Gasteiger charge is -2.24. The van der Waals surface area contributed by atoms with Crippen molar-refractivity contribution in [3.05, 3.63) is 22.7 Å². The lowest BCUT2D eigenvalue weighted by atomic mass is 10.1. The Bertz CT molecular complexity index is 571. The maximum absolute atomic E-state index is 12.4. The Morgan fingerprint density at radius 3 is 2.59 bits per heavy atom. The van der Waals surface area contributed by atoms with Gasteiger partial charge in [0.25, 0.3) is 5.91 Å². The number of rotatable bonds is 4. The molecule has 120 valence electrons. The minimum Gasteiger partial charge on any atom is -0.496 e. The zero-order valence-electron chi connectivity index (χ0n) is 12.7. The van der Waals surface area contributed by atoms with Crippen LogP contribution >= 0.6 is 11.6 Å². The Balaban J connectivity index is 2.19. The van der Waals surface area contributed by atoms with Crippen LogP contribution in [-0.4, -0.2) is 38.1 Å². The number of methoxy groups -OCH3 is 1. The Morgan fingerprint density at radius 1 is 1.32 bits per heavy atom. The molecule has 3 N–H and O–H groups in total. The van der Waals surface area contributed by atoms with E-state index < -0.39 is 0 Å². The number of hydrogen-bond donors (Lipinski definition) is 3. The van der Waals surface area contributed by atoms with Gasteiger partial charge in [-0.2, -0.15) is 0 Å². The van der Waals surface area contributed by atoms with E-state index in [1.165, 1.54) is 20.1 Å². The van der Waals surface area contributed by atoms with Gasteiger partial charge in [0.05, 0.1) is 23.4 Å². The molecule has 0 aliphatic carbocycles. The molecular weight excluding hydrogens is 306 g/mol. The van der Waals surface area contributed by atoms with Crippen LogP contribution in [0.4, 0.5) is 5.69 Å². The van der Waals surface area contributed by atoms with Crippen LogP contribution in [0.2, 0.25) is 5.02 Å². The molecule has 0 bridgehead atoms. The molecule has 0 spiro atoms. The number of anilines is 1. The minimum atomic E-state index is -0.240. The zero-order chi connectivity index (χ0) is 16.1. The fraction of sp³-hybridized carbons (Fsp3) is 0.467. The largest absolute Gasteiger partial charge is 0.496 e. The van der Waals surface area contributed by atoms with Crippen molar-refractivity contribution in [3.8, 4) is 5.75 Å². The van der Waals surface area contributed by atoms with Crippen molar-refractivity contribution in [2.45, 2.75) is 25.8 Å². The second-order valence-electron chi connectivity index (χ2n) is 5.21. The molecule has 0 unspecified atom stereocenters. The number of amides is 2. The summed E-state index contributed by atoms with van der Waals surface area (Å²) in [5.74, 6) is -0.0875. The van der Waals surface area contributed by atoms with Crippen LogP contribution in [0.5, 0.6) is 5.75 Å². The van der Waals surface area contributed by atoms with Gasteiger partial charge in [0.15, 0.2) is 0 Å². The third-order valence-corrected chi connectivity index (χ3v) is 3.83. The summed E-state index contributed by atoms with van der Waals surface area (Å²) in [6.45, 7) is 3.18. The van der Waals surface area contributed by atoms with E-state index in [2.05, 4.69) is 16.0 Å². The molecule has 0 saturated carbocycles. The fourth-order valence-electron chi connectivity index (χ4n) is 2.41. The van der Waals surface area contributed by atoms with Crippen LogP contribution in [0.1, 0.15) is 30.1 Å². The molecule has 1 aromatic carbocycles. The van der Waals surface area contributed by atoms with Crippen molar-refractivity contribution in [1.82, 2.24) is 10.6 Å². The van der Waals surface area contributed by atoms with E-state index in [0.29, 0.717) is 22.0 Å². The van der Waals surface area contributed by atoms with Gasteiger partial charge in [0.2, 0.25) is 5.91 Å². The molecule has 1 aliphatic rings. The van der Waals surface area contributed by atoms with Gasteiger partial charge in [-0.25, -0.2) is 0 Å². The van der Waals surface area contributed by atoms with Gasteiger partial charge in [0, 0.05) is 19.0 Å². The highest BCUT2D eigenvalue weighted by Gasteiger charge is 2.20. The Kier molecular flexibility index (Phi) is 5.63. The van der Waals surface area contributed by atoms with Crippen molar-refractivity contribution >= 4 is 29.1 Å². The summed E-state index contributed by atoms with van der Waals surface area (Å²) in [5.41, 5.74) is 0.782. The third kappa shape index (κ3) is 4.11. The predicted molar refractivity (Wildman–Crippen MR) is 85.7 cm³/mol. The van der Waals surface area contributed by atoms with Crippen molar-refractivity contribution < 1.29 is 14.3 Å². The highest BCUT2D eigenvalue weighted by atomic mass is 35.5. The highest BCUT2D eigenvalue weighted by Crippen LogP contribution is 2.31. The second-order valence-corrected chi connectivity index (χ2v) is 5.62. The summed E-state index contributed by atoms with van der Waals surface area (Å²) in [5, 5.41) is 9.14. The number of hydrogen-bond acceptors (Lipinski definition) is 4. The standard InChI is InChI=1S/C15H20ClN3O3/c1-9(20)18-13-8-14(22-2)11(7-12(13)16)15(21)19-10-3-5-17-6-4-10/h7-8,10,17H,3-6H2,1-2H3,(H,18,20)(H,19,21). The number of carbonyl (C=O) groups excluding carboxylic acids is 2. The molecule has 22 heavy (non-hydrogen) atoms. The van der Waals surface area contributed by atoms with Crippen molar-refractivity contribution in [2.24, 2.45) is 0 Å². The quantitative estimate of drug-likeness (QED) is 0.788. The first-order valence-electron chi connectivity index (χ1n) is 7.18. The van der Waals surface area contributed by atoms with Crippen molar-refractivity contribution in [3.63, 3.8) is 0 Å². The average Bonchev–Trinajstić information content (AvgIpc) is 2.49. The highest BCUT2D eigenvalue weighted by molar-refractivity contribution is 6.34. The van der Waals surface area contributed by atoms with Crippen LogP contribution in [0.15, 0.2) is 12.1 Å². The summed E-state index contributed by atoms with van der Waals surface area (Å²) in [6.07, 6.45) is 1.79. The molecular formula is C15H20ClN3O3. The lowest BCUT2D eigenvalue weighted by molar-refractivity contribution is -0.114. The summed E-state index contributed by atoms with van der Waals surface area (Å²) < 4.78 is 5.25. The van der Waals surface area contributed by atoms with Crippen molar-refractivity contribution in [1.29, 1.82) is 0 Å². The van der Waals surface area contributed by atoms with E-state index in [4.69, 9.17) is 16.3 Å². The number of benzene rings is 1. The molecule has 1 fully saturated rings. The van der Waals surface area contributed by atoms with Gasteiger partial charge in [0.1, 0.15) is 5.75 Å². The number of nitrogens with one attached hydrogen (secondary N) is 3. The monoisotopic (exact) mass is 325 g/mol. The molecule has 2 rings (SSSR count). The topological polar surface area (TPSA) is 79.5 Å². The van der Waals surface area contributed by atoms with Gasteiger partial charge in [-0.3, -0.25) is 9.59 Å². The van der Waals surface area contributed by atoms with E-state index in [0.717, 1.165) is 25.9 Å². The smallest absolute Gasteiger partial charge is 0.255 e. The zero-order valence-corrected chi connectivity index (χ0v) is 13.4. The Hall–Kier alpha value is -1.79. The number of ether oxygens (including phenoxy) is 1. The molecule has 0 radical (unpaired) electrons. The molecule has 1 aromatic rings. The number of halogens is 1.